The summed E-state index contributed by atoms with van der Waals surface area (Å²) >= 11 is 0. The molecule has 6 nitrogen and oxygen atoms in total. The molecular formula is C26H28N4O2. The maximum absolute atomic E-state index is 12.6. The summed E-state index contributed by atoms with van der Waals surface area (Å²) in [4.78, 5) is 23.0. The lowest BCUT2D eigenvalue weighted by Crippen LogP contribution is -2.42. The summed E-state index contributed by atoms with van der Waals surface area (Å²) in [5.74, 6) is 1.61. The Morgan fingerprint density at radius 3 is 2.72 bits per heavy atom. The maximum atomic E-state index is 12.6. The normalized spacial score (nSPS) is 17.3. The summed E-state index contributed by atoms with van der Waals surface area (Å²) in [6.07, 6.45) is 6.53. The number of carbonyl (C=O) groups is 1. The van der Waals surface area contributed by atoms with E-state index in [9.17, 15) is 4.79 Å². The number of ether oxygens (including phenoxy) is 1. The summed E-state index contributed by atoms with van der Waals surface area (Å²) < 4.78 is 5.90. The van der Waals surface area contributed by atoms with Gasteiger partial charge in [0.05, 0.1) is 11.9 Å². The smallest absolute Gasteiger partial charge is 0.321 e. The zero-order valence-corrected chi connectivity index (χ0v) is 18.7. The van der Waals surface area contributed by atoms with Crippen LogP contribution in [0.15, 0.2) is 66.5 Å². The molecule has 1 unspecified atom stereocenters. The first-order chi connectivity index (χ1) is 15.5. The molecule has 0 saturated carbocycles. The van der Waals surface area contributed by atoms with Gasteiger partial charge in [0.2, 0.25) is 5.88 Å². The molecule has 1 N–H and O–H groups in total. The third-order valence-corrected chi connectivity index (χ3v) is 5.56. The first kappa shape index (κ1) is 21.6. The number of hydrogen-bond acceptors (Lipinski definition) is 4. The number of benzene rings is 1. The van der Waals surface area contributed by atoms with Crippen molar-refractivity contribution in [2.75, 3.05) is 18.4 Å². The summed E-state index contributed by atoms with van der Waals surface area (Å²) in [6.45, 7) is 7.45. The highest BCUT2D eigenvalue weighted by Crippen LogP contribution is 2.27. The van der Waals surface area contributed by atoms with E-state index < -0.39 is 0 Å². The maximum Gasteiger partial charge on any atom is 0.321 e. The molecule has 2 amide bonds. The quantitative estimate of drug-likeness (QED) is 0.567. The van der Waals surface area contributed by atoms with Crippen LogP contribution in [0, 0.1) is 19.8 Å². The highest BCUT2D eigenvalue weighted by molar-refractivity contribution is 5.89. The van der Waals surface area contributed by atoms with Crippen molar-refractivity contribution in [1.82, 2.24) is 14.9 Å². The standard InChI is InChI=1S/C26H28N4O2/c1-18-7-10-25(28-15-18)32-24-6-4-5-21(14-24)13-22-11-12-30(17-19(22)2)26(31)29-23-9-8-20(3)27-16-23/h4-10,13-16,19H,11-12,17H2,1-3H3,(H,29,31)/b22-13+. The number of aromatic nitrogens is 2. The fourth-order valence-electron chi connectivity index (χ4n) is 3.71. The van der Waals surface area contributed by atoms with Gasteiger partial charge in [0, 0.05) is 31.0 Å². The number of hydrogen-bond donors (Lipinski definition) is 1. The zero-order valence-electron chi connectivity index (χ0n) is 18.7. The van der Waals surface area contributed by atoms with Crippen LogP contribution >= 0.6 is 0 Å². The fraction of sp³-hybridized carbons (Fsp3) is 0.269. The topological polar surface area (TPSA) is 67.3 Å². The van der Waals surface area contributed by atoms with Crippen LogP contribution in [0.25, 0.3) is 6.08 Å². The van der Waals surface area contributed by atoms with E-state index in [4.69, 9.17) is 4.74 Å². The Morgan fingerprint density at radius 2 is 2.00 bits per heavy atom. The van der Waals surface area contributed by atoms with Gasteiger partial charge in [0.15, 0.2) is 0 Å². The van der Waals surface area contributed by atoms with Gasteiger partial charge in [-0.25, -0.2) is 9.78 Å². The Kier molecular flexibility index (Phi) is 6.50. The van der Waals surface area contributed by atoms with E-state index in [0.29, 0.717) is 19.0 Å². The number of rotatable bonds is 4. The van der Waals surface area contributed by atoms with E-state index in [2.05, 4.69) is 34.4 Å². The molecule has 0 aliphatic carbocycles. The van der Waals surface area contributed by atoms with Crippen LogP contribution < -0.4 is 10.1 Å². The molecule has 0 radical (unpaired) electrons. The van der Waals surface area contributed by atoms with Crippen LogP contribution in [-0.4, -0.2) is 34.0 Å². The lowest BCUT2D eigenvalue weighted by Gasteiger charge is -2.33. The summed E-state index contributed by atoms with van der Waals surface area (Å²) in [5, 5.41) is 2.94. The second-order valence-corrected chi connectivity index (χ2v) is 8.28. The van der Waals surface area contributed by atoms with Gasteiger partial charge >= 0.3 is 6.03 Å². The molecule has 1 atom stereocenters. The van der Waals surface area contributed by atoms with E-state index in [-0.39, 0.29) is 11.9 Å². The third-order valence-electron chi connectivity index (χ3n) is 5.56. The number of nitrogens with zero attached hydrogens (tertiary/aromatic N) is 3. The molecule has 3 heterocycles. The summed E-state index contributed by atoms with van der Waals surface area (Å²) in [5.41, 5.74) is 5.15. The first-order valence-corrected chi connectivity index (χ1v) is 10.9. The fourth-order valence-corrected chi connectivity index (χ4v) is 3.71. The molecule has 3 aromatic rings. The Morgan fingerprint density at radius 1 is 1.12 bits per heavy atom. The van der Waals surface area contributed by atoms with Gasteiger partial charge < -0.3 is 15.0 Å². The molecule has 2 aromatic heterocycles. The van der Waals surface area contributed by atoms with Crippen molar-refractivity contribution in [3.63, 3.8) is 0 Å². The highest BCUT2D eigenvalue weighted by atomic mass is 16.5. The Bertz CT molecular complexity index is 1110. The van der Waals surface area contributed by atoms with Crippen molar-refractivity contribution in [3.8, 4) is 11.6 Å². The molecule has 1 fully saturated rings. The van der Waals surface area contributed by atoms with Crippen molar-refractivity contribution in [2.24, 2.45) is 5.92 Å². The molecule has 1 saturated heterocycles. The van der Waals surface area contributed by atoms with Crippen molar-refractivity contribution >= 4 is 17.8 Å². The second kappa shape index (κ2) is 9.64. The van der Waals surface area contributed by atoms with Crippen LogP contribution in [0.2, 0.25) is 0 Å². The zero-order chi connectivity index (χ0) is 22.5. The minimum absolute atomic E-state index is 0.0810. The first-order valence-electron chi connectivity index (χ1n) is 10.9. The Hall–Kier alpha value is -3.67. The van der Waals surface area contributed by atoms with Crippen molar-refractivity contribution in [2.45, 2.75) is 27.2 Å². The number of anilines is 1. The van der Waals surface area contributed by atoms with Gasteiger partial charge in [-0.1, -0.05) is 36.8 Å². The minimum atomic E-state index is -0.0810. The molecule has 1 aliphatic rings. The molecule has 1 aromatic carbocycles. The van der Waals surface area contributed by atoms with E-state index in [1.165, 1.54) is 5.57 Å². The van der Waals surface area contributed by atoms with E-state index in [0.717, 1.165) is 34.7 Å². The second-order valence-electron chi connectivity index (χ2n) is 8.28. The largest absolute Gasteiger partial charge is 0.439 e. The number of piperidine rings is 1. The molecular weight excluding hydrogens is 400 g/mol. The predicted molar refractivity (Wildman–Crippen MR) is 127 cm³/mol. The lowest BCUT2D eigenvalue weighted by molar-refractivity contribution is 0.198. The van der Waals surface area contributed by atoms with Crippen LogP contribution in [0.4, 0.5) is 10.5 Å². The number of aryl methyl sites for hydroxylation is 2. The van der Waals surface area contributed by atoms with Gasteiger partial charge in [-0.2, -0.15) is 0 Å². The van der Waals surface area contributed by atoms with Crippen LogP contribution in [0.5, 0.6) is 11.6 Å². The third kappa shape index (κ3) is 5.52. The Balaban J connectivity index is 1.38. The van der Waals surface area contributed by atoms with E-state index in [1.807, 2.05) is 61.2 Å². The predicted octanol–water partition coefficient (Wildman–Crippen LogP) is 5.84. The van der Waals surface area contributed by atoms with Gasteiger partial charge in [-0.3, -0.25) is 4.98 Å². The van der Waals surface area contributed by atoms with E-state index in [1.54, 1.807) is 12.4 Å². The minimum Gasteiger partial charge on any atom is -0.439 e. The number of nitrogens with one attached hydrogen (secondary N) is 1. The SMILES string of the molecule is Cc1ccc(Oc2cccc(/C=C3\CCN(C(=O)Nc4ccc(C)nc4)CC3C)c2)nc1. The van der Waals surface area contributed by atoms with Crippen molar-refractivity contribution in [3.05, 3.63) is 83.3 Å². The van der Waals surface area contributed by atoms with Gasteiger partial charge in [0.1, 0.15) is 5.75 Å². The van der Waals surface area contributed by atoms with Gasteiger partial charge in [0.25, 0.3) is 0 Å². The average Bonchev–Trinajstić information content (AvgIpc) is 2.78. The average molecular weight is 429 g/mol. The molecule has 1 aliphatic heterocycles. The van der Waals surface area contributed by atoms with Crippen molar-refractivity contribution < 1.29 is 9.53 Å². The Labute approximate surface area is 189 Å². The molecule has 0 bridgehead atoms. The monoisotopic (exact) mass is 428 g/mol. The lowest BCUT2D eigenvalue weighted by atomic mass is 9.91. The number of urea groups is 1. The summed E-state index contributed by atoms with van der Waals surface area (Å²) in [7, 11) is 0. The number of pyridine rings is 2. The molecule has 4 rings (SSSR count). The highest BCUT2D eigenvalue weighted by Gasteiger charge is 2.24. The molecule has 0 spiro atoms. The molecule has 32 heavy (non-hydrogen) atoms. The van der Waals surface area contributed by atoms with Gasteiger partial charge in [-0.05, 0) is 61.6 Å². The summed E-state index contributed by atoms with van der Waals surface area (Å²) in [6, 6.07) is 15.5. The number of carbonyl (C=O) groups excluding carboxylic acids is 1. The number of likely N-dealkylation sites (tertiary alicyclic amines) is 1. The molecule has 164 valence electrons. The molecule has 6 heteroatoms. The van der Waals surface area contributed by atoms with Crippen LogP contribution in [-0.2, 0) is 0 Å². The van der Waals surface area contributed by atoms with E-state index >= 15 is 0 Å². The van der Waals surface area contributed by atoms with Crippen LogP contribution in [0.1, 0.15) is 30.2 Å². The number of amides is 2. The van der Waals surface area contributed by atoms with Crippen molar-refractivity contribution in [1.29, 1.82) is 0 Å². The van der Waals surface area contributed by atoms with Crippen LogP contribution in [0.3, 0.4) is 0 Å². The van der Waals surface area contributed by atoms with Gasteiger partial charge in [-0.15, -0.1) is 0 Å².